The fraction of sp³-hybridized carbons (Fsp3) is 0.0476. The van der Waals surface area contributed by atoms with E-state index in [9.17, 15) is 27.1 Å². The van der Waals surface area contributed by atoms with Gasteiger partial charge in [0, 0.05) is 16.8 Å². The van der Waals surface area contributed by atoms with Crippen molar-refractivity contribution in [2.24, 2.45) is 0 Å². The van der Waals surface area contributed by atoms with Gasteiger partial charge in [-0.3, -0.25) is 4.98 Å². The highest BCUT2D eigenvalue weighted by Crippen LogP contribution is 2.40. The summed E-state index contributed by atoms with van der Waals surface area (Å²) in [6, 6.07) is 8.76. The number of hydrogen-bond donors (Lipinski definition) is 0. The Morgan fingerprint density at radius 2 is 1.71 bits per heavy atom. The summed E-state index contributed by atoms with van der Waals surface area (Å²) in [5.41, 5.74) is -0.566. The fourth-order valence-electron chi connectivity index (χ4n) is 2.89. The molecule has 160 valence electrons. The lowest BCUT2D eigenvalue weighted by Gasteiger charge is -2.21. The summed E-state index contributed by atoms with van der Waals surface area (Å²) in [6.07, 6.45) is 2.84. The van der Waals surface area contributed by atoms with Crippen LogP contribution >= 0.6 is 23.2 Å². The van der Waals surface area contributed by atoms with Gasteiger partial charge in [-0.1, -0.05) is 23.2 Å². The highest BCUT2D eigenvalue weighted by Gasteiger charge is 2.35. The molecule has 0 aliphatic rings. The molecule has 3 aromatic rings. The van der Waals surface area contributed by atoms with E-state index in [1.165, 1.54) is 30.3 Å². The minimum absolute atomic E-state index is 0.0247. The average molecular weight is 483 g/mol. The van der Waals surface area contributed by atoms with Crippen molar-refractivity contribution in [3.63, 3.8) is 0 Å². The summed E-state index contributed by atoms with van der Waals surface area (Å²) < 4.78 is 55.6. The predicted molar refractivity (Wildman–Crippen MR) is 110 cm³/mol. The van der Waals surface area contributed by atoms with Crippen molar-refractivity contribution in [3.8, 4) is 0 Å². The van der Waals surface area contributed by atoms with Gasteiger partial charge in [0.1, 0.15) is 16.9 Å². The summed E-state index contributed by atoms with van der Waals surface area (Å²) in [5.74, 6) is -3.32. The van der Waals surface area contributed by atoms with Crippen molar-refractivity contribution in [1.82, 2.24) is 4.98 Å². The van der Waals surface area contributed by atoms with Crippen LogP contribution in [0, 0.1) is 11.6 Å². The van der Waals surface area contributed by atoms with E-state index in [-0.39, 0.29) is 26.2 Å². The van der Waals surface area contributed by atoms with E-state index in [0.29, 0.717) is 6.08 Å². The number of pyridine rings is 1. The number of nitrogens with zero attached hydrogens (tertiary/aromatic N) is 1. The zero-order valence-electron chi connectivity index (χ0n) is 15.4. The van der Waals surface area contributed by atoms with Gasteiger partial charge in [0.15, 0.2) is 9.84 Å². The van der Waals surface area contributed by atoms with Crippen LogP contribution < -0.4 is 5.11 Å². The van der Waals surface area contributed by atoms with Crippen molar-refractivity contribution < 1.29 is 27.1 Å². The minimum atomic E-state index is -4.36. The number of carboxylic acid groups (broad SMARTS) is 1. The Labute approximate surface area is 186 Å². The van der Waals surface area contributed by atoms with Gasteiger partial charge in [-0.15, -0.1) is 0 Å². The molecule has 10 heteroatoms. The van der Waals surface area contributed by atoms with Crippen LogP contribution in [0.1, 0.15) is 22.1 Å². The zero-order valence-corrected chi connectivity index (χ0v) is 17.8. The molecule has 1 unspecified atom stereocenters. The van der Waals surface area contributed by atoms with E-state index in [1.807, 2.05) is 0 Å². The third-order valence-electron chi connectivity index (χ3n) is 4.27. The highest BCUT2D eigenvalue weighted by molar-refractivity contribution is 7.92. The third kappa shape index (κ3) is 5.10. The Hall–Kier alpha value is -2.81. The second kappa shape index (κ2) is 9.13. The van der Waals surface area contributed by atoms with Gasteiger partial charge < -0.3 is 9.90 Å². The van der Waals surface area contributed by atoms with Gasteiger partial charge in [-0.25, -0.2) is 17.2 Å². The van der Waals surface area contributed by atoms with Gasteiger partial charge in [0.2, 0.25) is 0 Å². The molecule has 0 fully saturated rings. The largest absolute Gasteiger partial charge is 0.545 e. The maximum atomic E-state index is 14.7. The first-order valence-electron chi connectivity index (χ1n) is 8.58. The lowest BCUT2D eigenvalue weighted by Crippen LogP contribution is -2.19. The molecular formula is C21H12Cl2F2NO4S-. The molecule has 0 saturated heterocycles. The van der Waals surface area contributed by atoms with Crippen LogP contribution in [0.4, 0.5) is 8.78 Å². The van der Waals surface area contributed by atoms with Crippen LogP contribution in [-0.4, -0.2) is 19.4 Å². The van der Waals surface area contributed by atoms with E-state index in [0.717, 1.165) is 30.5 Å². The number of carbonyl (C=O) groups excluding carboxylic acids is 1. The molecule has 3 rings (SSSR count). The van der Waals surface area contributed by atoms with E-state index in [4.69, 9.17) is 23.2 Å². The molecule has 0 spiro atoms. The molecular weight excluding hydrogens is 471 g/mol. The van der Waals surface area contributed by atoms with Crippen LogP contribution in [0.15, 0.2) is 65.7 Å². The van der Waals surface area contributed by atoms with Gasteiger partial charge in [-0.2, -0.15) is 0 Å². The molecule has 5 nitrogen and oxygen atoms in total. The number of hydrogen-bond acceptors (Lipinski definition) is 5. The smallest absolute Gasteiger partial charge is 0.189 e. The van der Waals surface area contributed by atoms with Crippen molar-refractivity contribution >= 4 is 45.1 Å². The van der Waals surface area contributed by atoms with Crippen LogP contribution in [0.5, 0.6) is 0 Å². The number of halogens is 4. The number of benzene rings is 2. The summed E-state index contributed by atoms with van der Waals surface area (Å²) in [5, 5.41) is 9.07. The Morgan fingerprint density at radius 1 is 1.03 bits per heavy atom. The number of aliphatic carboxylic acids is 1. The first-order valence-corrected chi connectivity index (χ1v) is 10.9. The molecule has 0 N–H and O–H groups in total. The maximum Gasteiger partial charge on any atom is 0.189 e. The number of carbonyl (C=O) groups is 1. The second-order valence-electron chi connectivity index (χ2n) is 6.33. The van der Waals surface area contributed by atoms with Crippen LogP contribution in [0.25, 0.3) is 6.08 Å². The maximum absolute atomic E-state index is 14.7. The van der Waals surface area contributed by atoms with Crippen molar-refractivity contribution in [2.45, 2.75) is 10.1 Å². The van der Waals surface area contributed by atoms with Crippen LogP contribution in [0.2, 0.25) is 10.0 Å². The Balaban J connectivity index is 2.30. The molecule has 0 aliphatic heterocycles. The molecule has 0 aliphatic carbocycles. The van der Waals surface area contributed by atoms with E-state index >= 15 is 0 Å². The number of sulfone groups is 1. The number of rotatable bonds is 6. The quantitative estimate of drug-likeness (QED) is 0.495. The molecule has 1 atom stereocenters. The van der Waals surface area contributed by atoms with Gasteiger partial charge in [-0.05, 0) is 66.2 Å². The molecule has 0 amide bonds. The molecule has 2 aromatic carbocycles. The third-order valence-corrected chi connectivity index (χ3v) is 6.90. The van der Waals surface area contributed by atoms with Gasteiger partial charge in [0.25, 0.3) is 0 Å². The number of aromatic nitrogens is 1. The summed E-state index contributed by atoms with van der Waals surface area (Å²) in [6.45, 7) is 0. The van der Waals surface area contributed by atoms with Crippen molar-refractivity contribution in [1.29, 1.82) is 0 Å². The molecule has 0 bridgehead atoms. The van der Waals surface area contributed by atoms with Crippen molar-refractivity contribution in [2.75, 3.05) is 0 Å². The lowest BCUT2D eigenvalue weighted by atomic mass is 10.0. The Bertz CT molecular complexity index is 1280. The van der Waals surface area contributed by atoms with Gasteiger partial charge in [0.05, 0.1) is 21.6 Å². The topological polar surface area (TPSA) is 87.2 Å². The normalized spacial score (nSPS) is 12.8. The van der Waals surface area contributed by atoms with Crippen molar-refractivity contribution in [3.05, 3.63) is 99.3 Å². The van der Waals surface area contributed by atoms with Crippen LogP contribution in [0.3, 0.4) is 0 Å². The SMILES string of the molecule is O=C([O-])/C=C/c1cc(C(c2cc(F)ccc2F)S(=O)(=O)c2ccc(Cl)cc2)c(Cl)cn1. The highest BCUT2D eigenvalue weighted by atomic mass is 35.5. The van der Waals surface area contributed by atoms with E-state index < -0.39 is 38.3 Å². The monoisotopic (exact) mass is 482 g/mol. The Kier molecular flexibility index (Phi) is 6.74. The summed E-state index contributed by atoms with van der Waals surface area (Å²) >= 11 is 12.0. The minimum Gasteiger partial charge on any atom is -0.545 e. The first kappa shape index (κ1) is 22.9. The average Bonchev–Trinajstić information content (AvgIpc) is 2.71. The summed E-state index contributed by atoms with van der Waals surface area (Å²) in [4.78, 5) is 14.4. The molecule has 0 saturated carbocycles. The molecule has 31 heavy (non-hydrogen) atoms. The van der Waals surface area contributed by atoms with Crippen LogP contribution in [-0.2, 0) is 14.6 Å². The summed E-state index contributed by atoms with van der Waals surface area (Å²) in [7, 11) is -4.36. The Morgan fingerprint density at radius 3 is 2.35 bits per heavy atom. The zero-order chi connectivity index (χ0) is 22.8. The molecule has 1 aromatic heterocycles. The second-order valence-corrected chi connectivity index (χ2v) is 9.20. The first-order chi connectivity index (χ1) is 14.6. The molecule has 1 heterocycles. The lowest BCUT2D eigenvalue weighted by molar-refractivity contribution is -0.297. The molecule has 0 radical (unpaired) electrons. The van der Waals surface area contributed by atoms with E-state index in [2.05, 4.69) is 4.98 Å². The van der Waals surface area contributed by atoms with E-state index in [1.54, 1.807) is 0 Å². The predicted octanol–water partition coefficient (Wildman–Crippen LogP) is 3.99. The standard InChI is InChI=1S/C21H13Cl2F2NO4S/c22-12-1-5-15(6-2-12)31(29,30)21(17-9-13(24)3-7-19(17)25)16-10-14(4-8-20(27)28)26-11-18(16)23/h1-11,21H,(H,27,28)/p-1/b8-4+. The number of carboxylic acids is 1. The fourth-order valence-corrected chi connectivity index (χ4v) is 5.13. The van der Waals surface area contributed by atoms with Gasteiger partial charge >= 0.3 is 0 Å².